The highest BCUT2D eigenvalue weighted by Gasteiger charge is 2.36. The molecule has 31 heavy (non-hydrogen) atoms. The van der Waals surface area contributed by atoms with E-state index in [9.17, 15) is 0 Å². The summed E-state index contributed by atoms with van der Waals surface area (Å²) in [7, 11) is 0. The number of rotatable bonds is 3. The maximum absolute atomic E-state index is 3.84. The van der Waals surface area contributed by atoms with Gasteiger partial charge < -0.3 is 15.1 Å². The average Bonchev–Trinajstić information content (AvgIpc) is 2.78. The topological polar surface area (TPSA) is 18.5 Å². The quantitative estimate of drug-likeness (QED) is 0.565. The molecule has 1 saturated heterocycles. The van der Waals surface area contributed by atoms with Gasteiger partial charge in [0.05, 0.1) is 6.04 Å². The number of nitrogens with zero attached hydrogens (tertiary/aromatic N) is 2. The van der Waals surface area contributed by atoms with Crippen LogP contribution >= 0.6 is 0 Å². The Bertz CT molecular complexity index is 1060. The Labute approximate surface area is 186 Å². The number of anilines is 3. The van der Waals surface area contributed by atoms with Gasteiger partial charge in [-0.25, -0.2) is 0 Å². The molecule has 1 unspecified atom stereocenters. The summed E-state index contributed by atoms with van der Waals surface area (Å²) in [6.45, 7) is 11.2. The Balaban J connectivity index is 1.34. The minimum Gasteiger partial charge on any atom is -0.377 e. The highest BCUT2D eigenvalue weighted by molar-refractivity contribution is 5.59. The highest BCUT2D eigenvalue weighted by atomic mass is 15.3. The van der Waals surface area contributed by atoms with E-state index in [1.807, 2.05) is 0 Å². The van der Waals surface area contributed by atoms with Gasteiger partial charge >= 0.3 is 0 Å². The molecule has 3 aromatic carbocycles. The first-order chi connectivity index (χ1) is 15.0. The monoisotopic (exact) mass is 411 g/mol. The fraction of sp³-hybridized carbons (Fsp3) is 0.357. The summed E-state index contributed by atoms with van der Waals surface area (Å²) in [6, 6.07) is 27.0. The van der Waals surface area contributed by atoms with Gasteiger partial charge in [-0.3, -0.25) is 0 Å². The van der Waals surface area contributed by atoms with Gasteiger partial charge in [0.1, 0.15) is 0 Å². The molecule has 5 rings (SSSR count). The lowest BCUT2D eigenvalue weighted by molar-refractivity contribution is 0.295. The molecular weight excluding hydrogens is 378 g/mol. The summed E-state index contributed by atoms with van der Waals surface area (Å²) < 4.78 is 0. The first-order valence-electron chi connectivity index (χ1n) is 11.5. The van der Waals surface area contributed by atoms with Gasteiger partial charge in [-0.2, -0.15) is 0 Å². The molecule has 3 nitrogen and oxygen atoms in total. The van der Waals surface area contributed by atoms with Crippen molar-refractivity contribution < 1.29 is 0 Å². The molecule has 2 aliphatic rings. The first-order valence-corrected chi connectivity index (χ1v) is 11.5. The van der Waals surface area contributed by atoms with Gasteiger partial charge in [0, 0.05) is 43.2 Å². The molecule has 2 heterocycles. The number of fused-ring (bicyclic) bond motifs is 1. The fourth-order valence-electron chi connectivity index (χ4n) is 5.32. The van der Waals surface area contributed by atoms with Crippen molar-refractivity contribution >= 4 is 17.1 Å². The van der Waals surface area contributed by atoms with E-state index in [4.69, 9.17) is 0 Å². The molecule has 3 heteroatoms. The van der Waals surface area contributed by atoms with Crippen molar-refractivity contribution in [1.82, 2.24) is 0 Å². The second kappa shape index (κ2) is 7.96. The van der Waals surface area contributed by atoms with E-state index in [1.165, 1.54) is 33.8 Å². The third-order valence-corrected chi connectivity index (χ3v) is 7.05. The average molecular weight is 412 g/mol. The first kappa shape index (κ1) is 20.0. The number of para-hydroxylation sites is 2. The molecule has 0 saturated carbocycles. The van der Waals surface area contributed by atoms with Crippen molar-refractivity contribution in [3.8, 4) is 0 Å². The van der Waals surface area contributed by atoms with Crippen molar-refractivity contribution in [2.24, 2.45) is 5.41 Å². The van der Waals surface area contributed by atoms with E-state index in [-0.39, 0.29) is 5.41 Å². The molecule has 0 aromatic heterocycles. The second-order valence-corrected chi connectivity index (χ2v) is 9.76. The molecule has 3 aromatic rings. The predicted molar refractivity (Wildman–Crippen MR) is 132 cm³/mol. The third-order valence-electron chi connectivity index (χ3n) is 7.05. The van der Waals surface area contributed by atoms with Crippen molar-refractivity contribution in [2.45, 2.75) is 33.2 Å². The number of hydrogen-bond donors (Lipinski definition) is 1. The molecule has 0 aliphatic carbocycles. The minimum atomic E-state index is 0.163. The zero-order valence-electron chi connectivity index (χ0n) is 18.9. The smallest absolute Gasteiger partial charge is 0.0568 e. The van der Waals surface area contributed by atoms with Crippen LogP contribution in [-0.4, -0.2) is 26.2 Å². The van der Waals surface area contributed by atoms with Crippen molar-refractivity contribution in [2.75, 3.05) is 41.3 Å². The zero-order chi connectivity index (χ0) is 21.4. The molecule has 0 spiro atoms. The predicted octanol–water partition coefficient (Wildman–Crippen LogP) is 6.06. The van der Waals surface area contributed by atoms with Gasteiger partial charge in [-0.05, 0) is 59.7 Å². The molecule has 0 bridgehead atoms. The van der Waals surface area contributed by atoms with Gasteiger partial charge in [0.25, 0.3) is 0 Å². The van der Waals surface area contributed by atoms with Crippen LogP contribution in [0.5, 0.6) is 0 Å². The summed E-state index contributed by atoms with van der Waals surface area (Å²) >= 11 is 0. The van der Waals surface area contributed by atoms with Gasteiger partial charge in [0.2, 0.25) is 0 Å². The van der Waals surface area contributed by atoms with Crippen LogP contribution in [-0.2, 0) is 6.42 Å². The number of nitrogens with one attached hydrogen (secondary N) is 1. The standard InChI is InChI=1S/C28H33N3/c1-21-9-4-7-14-26(21)31-17-15-30(16-18-31)24-12-8-11-22(19-24)27-28(2,3)20-23-10-5-6-13-25(23)29-27/h4-14,19,27,29H,15-18,20H2,1-3H3. The van der Waals surface area contributed by atoms with E-state index in [0.29, 0.717) is 6.04 Å². The molecule has 1 fully saturated rings. The fourth-order valence-corrected chi connectivity index (χ4v) is 5.32. The maximum Gasteiger partial charge on any atom is 0.0568 e. The van der Waals surface area contributed by atoms with Gasteiger partial charge in [-0.1, -0.05) is 62.4 Å². The third kappa shape index (κ3) is 3.89. The molecular formula is C28H33N3. The molecule has 1 N–H and O–H groups in total. The van der Waals surface area contributed by atoms with Gasteiger partial charge in [-0.15, -0.1) is 0 Å². The molecule has 160 valence electrons. The molecule has 0 amide bonds. The largest absolute Gasteiger partial charge is 0.377 e. The Hall–Kier alpha value is -2.94. The van der Waals surface area contributed by atoms with Gasteiger partial charge in [0.15, 0.2) is 0 Å². The second-order valence-electron chi connectivity index (χ2n) is 9.76. The van der Waals surface area contributed by atoms with E-state index >= 15 is 0 Å². The normalized spacial score (nSPS) is 20.2. The van der Waals surface area contributed by atoms with Crippen LogP contribution in [0.3, 0.4) is 0 Å². The van der Waals surface area contributed by atoms with E-state index in [0.717, 1.165) is 32.6 Å². The SMILES string of the molecule is Cc1ccccc1N1CCN(c2cccc(C3Nc4ccccc4CC3(C)C)c2)CC1. The highest BCUT2D eigenvalue weighted by Crippen LogP contribution is 2.45. The lowest BCUT2D eigenvalue weighted by atomic mass is 9.73. The summed E-state index contributed by atoms with van der Waals surface area (Å²) in [5.41, 5.74) is 8.34. The van der Waals surface area contributed by atoms with Crippen LogP contribution in [0, 0.1) is 12.3 Å². The van der Waals surface area contributed by atoms with Crippen LogP contribution in [0.4, 0.5) is 17.1 Å². The Morgan fingerprint density at radius 2 is 1.52 bits per heavy atom. The van der Waals surface area contributed by atoms with Crippen LogP contribution in [0.1, 0.15) is 36.6 Å². The Morgan fingerprint density at radius 3 is 2.32 bits per heavy atom. The number of aryl methyl sites for hydroxylation is 1. The molecule has 2 aliphatic heterocycles. The molecule has 1 atom stereocenters. The van der Waals surface area contributed by atoms with E-state index < -0.39 is 0 Å². The zero-order valence-corrected chi connectivity index (χ0v) is 18.9. The lowest BCUT2D eigenvalue weighted by Crippen LogP contribution is -2.46. The van der Waals surface area contributed by atoms with Crippen LogP contribution in [0.15, 0.2) is 72.8 Å². The van der Waals surface area contributed by atoms with E-state index in [1.54, 1.807) is 0 Å². The van der Waals surface area contributed by atoms with Crippen molar-refractivity contribution in [1.29, 1.82) is 0 Å². The summed E-state index contributed by atoms with van der Waals surface area (Å²) in [4.78, 5) is 5.07. The van der Waals surface area contributed by atoms with E-state index in [2.05, 4.69) is 109 Å². The summed E-state index contributed by atoms with van der Waals surface area (Å²) in [6.07, 6.45) is 1.10. The van der Waals surface area contributed by atoms with Crippen LogP contribution < -0.4 is 15.1 Å². The number of benzene rings is 3. The number of piperazine rings is 1. The molecule has 0 radical (unpaired) electrons. The lowest BCUT2D eigenvalue weighted by Gasteiger charge is -2.42. The summed E-state index contributed by atoms with van der Waals surface area (Å²) in [5, 5.41) is 3.84. The van der Waals surface area contributed by atoms with Crippen molar-refractivity contribution in [3.05, 3.63) is 89.5 Å². The van der Waals surface area contributed by atoms with Crippen LogP contribution in [0.2, 0.25) is 0 Å². The minimum absolute atomic E-state index is 0.163. The Kier molecular flexibility index (Phi) is 5.13. The van der Waals surface area contributed by atoms with Crippen molar-refractivity contribution in [3.63, 3.8) is 0 Å². The maximum atomic E-state index is 3.84. The Morgan fingerprint density at radius 1 is 0.806 bits per heavy atom. The van der Waals surface area contributed by atoms with Crippen LogP contribution in [0.25, 0.3) is 0 Å². The summed E-state index contributed by atoms with van der Waals surface area (Å²) in [5.74, 6) is 0. The number of hydrogen-bond acceptors (Lipinski definition) is 3.